The van der Waals surface area contributed by atoms with E-state index in [4.69, 9.17) is 28.5 Å². The van der Waals surface area contributed by atoms with Crippen molar-refractivity contribution < 1.29 is 0 Å². The van der Waals surface area contributed by atoms with Gasteiger partial charge in [0.1, 0.15) is 10.8 Å². The van der Waals surface area contributed by atoms with Crippen LogP contribution in [0.1, 0.15) is 25.7 Å². The van der Waals surface area contributed by atoms with Crippen LogP contribution in [0, 0.1) is 17.2 Å². The van der Waals surface area contributed by atoms with Crippen LogP contribution >= 0.6 is 23.2 Å². The number of rotatable bonds is 2. The van der Waals surface area contributed by atoms with E-state index in [1.54, 1.807) is 0 Å². The third-order valence-electron chi connectivity index (χ3n) is 2.97. The molecule has 0 radical (unpaired) electrons. The summed E-state index contributed by atoms with van der Waals surface area (Å²) < 4.78 is 0. The van der Waals surface area contributed by atoms with Gasteiger partial charge in [-0.1, -0.05) is 24.4 Å². The van der Waals surface area contributed by atoms with Crippen molar-refractivity contribution in [3.05, 3.63) is 16.5 Å². The zero-order valence-corrected chi connectivity index (χ0v) is 10.7. The van der Waals surface area contributed by atoms with Crippen molar-refractivity contribution in [3.8, 4) is 6.07 Å². The van der Waals surface area contributed by atoms with Gasteiger partial charge in [-0.15, -0.1) is 0 Å². The molecule has 1 saturated carbocycles. The van der Waals surface area contributed by atoms with Crippen molar-refractivity contribution in [1.82, 2.24) is 9.97 Å². The van der Waals surface area contributed by atoms with Gasteiger partial charge in [-0.2, -0.15) is 10.2 Å². The molecule has 2 rings (SSSR count). The highest BCUT2D eigenvalue weighted by molar-refractivity contribution is 6.33. The summed E-state index contributed by atoms with van der Waals surface area (Å²) in [6, 6.07) is 2.42. The maximum atomic E-state index is 9.08. The highest BCUT2D eigenvalue weighted by Crippen LogP contribution is 2.28. The van der Waals surface area contributed by atoms with Crippen LogP contribution in [0.3, 0.4) is 0 Å². The van der Waals surface area contributed by atoms with Crippen LogP contribution in [0.4, 0.5) is 5.82 Å². The first kappa shape index (κ1) is 12.4. The van der Waals surface area contributed by atoms with Gasteiger partial charge >= 0.3 is 0 Å². The van der Waals surface area contributed by atoms with E-state index in [0.29, 0.717) is 10.8 Å². The lowest BCUT2D eigenvalue weighted by atomic mass is 9.85. The second-order valence-electron chi connectivity index (χ2n) is 4.11. The molecule has 6 heteroatoms. The molecule has 2 atom stereocenters. The minimum atomic E-state index is 0.00792. The molecule has 0 bridgehead atoms. The Balaban J connectivity index is 2.14. The fourth-order valence-corrected chi connectivity index (χ4v) is 2.36. The Hall–Kier alpha value is -1.05. The van der Waals surface area contributed by atoms with Crippen LogP contribution in [0.5, 0.6) is 0 Å². The van der Waals surface area contributed by atoms with Crippen LogP contribution in [0.2, 0.25) is 10.3 Å². The lowest BCUT2D eigenvalue weighted by Crippen LogP contribution is -2.31. The number of nitrogens with one attached hydrogen (secondary N) is 1. The van der Waals surface area contributed by atoms with Crippen molar-refractivity contribution in [1.29, 1.82) is 5.26 Å². The number of hydrogen-bond donors (Lipinski definition) is 1. The second-order valence-corrected chi connectivity index (χ2v) is 4.85. The molecule has 0 spiro atoms. The summed E-state index contributed by atoms with van der Waals surface area (Å²) in [7, 11) is 0. The summed E-state index contributed by atoms with van der Waals surface area (Å²) in [5.41, 5.74) is 0. The van der Waals surface area contributed by atoms with Crippen molar-refractivity contribution in [2.75, 3.05) is 5.32 Å². The van der Waals surface area contributed by atoms with E-state index in [-0.39, 0.29) is 17.2 Å². The first-order valence-corrected chi connectivity index (χ1v) is 6.30. The molecule has 0 saturated heterocycles. The summed E-state index contributed by atoms with van der Waals surface area (Å²) in [5.74, 6) is 0.521. The monoisotopic (exact) mass is 270 g/mol. The molecule has 17 heavy (non-hydrogen) atoms. The van der Waals surface area contributed by atoms with Crippen LogP contribution < -0.4 is 5.32 Å². The predicted molar refractivity (Wildman–Crippen MR) is 67.0 cm³/mol. The standard InChI is InChI=1S/C11H12Cl2N4/c12-8-6-15-11(13)17-10(8)16-9-4-2-1-3-7(9)5-14/h6-7,9H,1-4H2,(H,15,16,17)/t7-,9+/m0/s1. The molecule has 1 aromatic rings. The van der Waals surface area contributed by atoms with Gasteiger partial charge in [0, 0.05) is 6.04 Å². The fourth-order valence-electron chi connectivity index (χ4n) is 2.08. The van der Waals surface area contributed by atoms with E-state index < -0.39 is 0 Å². The van der Waals surface area contributed by atoms with Gasteiger partial charge in [0.05, 0.1) is 18.2 Å². The summed E-state index contributed by atoms with van der Waals surface area (Å²) in [6.45, 7) is 0. The quantitative estimate of drug-likeness (QED) is 0.838. The Morgan fingerprint density at radius 1 is 1.35 bits per heavy atom. The van der Waals surface area contributed by atoms with Crippen molar-refractivity contribution in [2.24, 2.45) is 5.92 Å². The molecular weight excluding hydrogens is 259 g/mol. The van der Waals surface area contributed by atoms with Crippen molar-refractivity contribution in [2.45, 2.75) is 31.7 Å². The summed E-state index contributed by atoms with van der Waals surface area (Å²) >= 11 is 11.7. The Morgan fingerprint density at radius 2 is 2.12 bits per heavy atom. The minimum absolute atomic E-state index is 0.00792. The Bertz CT molecular complexity index is 444. The zero-order chi connectivity index (χ0) is 12.3. The minimum Gasteiger partial charge on any atom is -0.365 e. The van der Waals surface area contributed by atoms with Gasteiger partial charge in [0.15, 0.2) is 0 Å². The topological polar surface area (TPSA) is 61.6 Å². The lowest BCUT2D eigenvalue weighted by molar-refractivity contribution is 0.388. The average Bonchev–Trinajstić information content (AvgIpc) is 2.34. The molecule has 90 valence electrons. The van der Waals surface area contributed by atoms with E-state index in [1.807, 2.05) is 0 Å². The largest absolute Gasteiger partial charge is 0.365 e. The summed E-state index contributed by atoms with van der Waals surface area (Å²) in [5, 5.41) is 12.9. The van der Waals surface area contributed by atoms with E-state index in [2.05, 4.69) is 21.4 Å². The first-order valence-electron chi connectivity index (χ1n) is 5.55. The second kappa shape index (κ2) is 5.52. The van der Waals surface area contributed by atoms with E-state index in [0.717, 1.165) is 25.7 Å². The number of hydrogen-bond acceptors (Lipinski definition) is 4. The smallest absolute Gasteiger partial charge is 0.224 e. The SMILES string of the molecule is N#C[C@@H]1CCCC[C@H]1Nc1nc(Cl)ncc1Cl. The van der Waals surface area contributed by atoms with Gasteiger partial charge in [-0.25, -0.2) is 4.98 Å². The Labute approximate surface area is 110 Å². The normalized spacial score (nSPS) is 24.1. The number of nitriles is 1. The van der Waals surface area contributed by atoms with Gasteiger partial charge in [0.2, 0.25) is 5.28 Å². The van der Waals surface area contributed by atoms with Gasteiger partial charge < -0.3 is 5.32 Å². The number of anilines is 1. The first-order chi connectivity index (χ1) is 8.20. The van der Waals surface area contributed by atoms with E-state index >= 15 is 0 Å². The van der Waals surface area contributed by atoms with Gasteiger partial charge in [-0.3, -0.25) is 0 Å². The van der Waals surface area contributed by atoms with Crippen LogP contribution in [-0.2, 0) is 0 Å². The molecule has 1 aliphatic rings. The number of nitrogens with zero attached hydrogens (tertiary/aromatic N) is 3. The maximum Gasteiger partial charge on any atom is 0.224 e. The highest BCUT2D eigenvalue weighted by Gasteiger charge is 2.25. The Morgan fingerprint density at radius 3 is 2.88 bits per heavy atom. The summed E-state index contributed by atoms with van der Waals surface area (Å²) in [6.07, 6.45) is 5.56. The fraction of sp³-hybridized carbons (Fsp3) is 0.545. The van der Waals surface area contributed by atoms with E-state index in [9.17, 15) is 0 Å². The molecule has 1 aliphatic carbocycles. The molecule has 4 nitrogen and oxygen atoms in total. The molecular formula is C11H12Cl2N4. The lowest BCUT2D eigenvalue weighted by Gasteiger charge is -2.28. The number of aromatic nitrogens is 2. The van der Waals surface area contributed by atoms with Crippen molar-refractivity contribution >= 4 is 29.0 Å². The molecule has 1 fully saturated rings. The average molecular weight is 271 g/mol. The summed E-state index contributed by atoms with van der Waals surface area (Å²) in [4.78, 5) is 7.83. The molecule has 0 amide bonds. The molecule has 1 N–H and O–H groups in total. The predicted octanol–water partition coefficient (Wildman–Crippen LogP) is 3.28. The zero-order valence-electron chi connectivity index (χ0n) is 9.16. The molecule has 0 unspecified atom stereocenters. The van der Waals surface area contributed by atoms with E-state index in [1.165, 1.54) is 6.20 Å². The molecule has 1 aromatic heterocycles. The Kier molecular flexibility index (Phi) is 4.03. The molecule has 0 aromatic carbocycles. The third-order valence-corrected chi connectivity index (χ3v) is 3.43. The van der Waals surface area contributed by atoms with Crippen LogP contribution in [0.15, 0.2) is 6.20 Å². The van der Waals surface area contributed by atoms with Gasteiger partial charge in [-0.05, 0) is 24.4 Å². The molecule has 1 heterocycles. The number of halogens is 2. The third kappa shape index (κ3) is 2.99. The van der Waals surface area contributed by atoms with Crippen LogP contribution in [-0.4, -0.2) is 16.0 Å². The molecule has 0 aliphatic heterocycles. The van der Waals surface area contributed by atoms with Crippen LogP contribution in [0.25, 0.3) is 0 Å². The van der Waals surface area contributed by atoms with Crippen molar-refractivity contribution in [3.63, 3.8) is 0 Å². The van der Waals surface area contributed by atoms with Gasteiger partial charge in [0.25, 0.3) is 0 Å². The maximum absolute atomic E-state index is 9.08. The highest BCUT2D eigenvalue weighted by atomic mass is 35.5.